The number of primary amides is 1. The zero-order chi connectivity index (χ0) is 19.4. The first kappa shape index (κ1) is 18.4. The number of nitrogens with one attached hydrogen (secondary N) is 2. The van der Waals surface area contributed by atoms with E-state index in [1.165, 1.54) is 0 Å². The summed E-state index contributed by atoms with van der Waals surface area (Å²) in [4.78, 5) is 36.4. The number of rotatable bonds is 6. The molecular formula is C21H21N3O3. The van der Waals surface area contributed by atoms with E-state index in [9.17, 15) is 14.4 Å². The normalized spacial score (nSPS) is 13.9. The van der Waals surface area contributed by atoms with Crippen LogP contribution in [0.5, 0.6) is 0 Å². The largest absolute Gasteiger partial charge is 0.366 e. The van der Waals surface area contributed by atoms with E-state index in [0.29, 0.717) is 24.2 Å². The van der Waals surface area contributed by atoms with E-state index in [1.54, 1.807) is 12.1 Å². The Bertz CT molecular complexity index is 906. The molecule has 0 unspecified atom stereocenters. The predicted octanol–water partition coefficient (Wildman–Crippen LogP) is 1.81. The van der Waals surface area contributed by atoms with E-state index in [-0.39, 0.29) is 17.4 Å². The Morgan fingerprint density at radius 1 is 1.19 bits per heavy atom. The highest BCUT2D eigenvalue weighted by Gasteiger charge is 2.26. The fourth-order valence-electron chi connectivity index (χ4n) is 3.11. The van der Waals surface area contributed by atoms with Crippen molar-refractivity contribution in [3.05, 3.63) is 77.4 Å². The molecule has 0 bridgehead atoms. The third-order valence-corrected chi connectivity index (χ3v) is 4.64. The fourth-order valence-corrected chi connectivity index (χ4v) is 3.11. The highest BCUT2D eigenvalue weighted by Crippen LogP contribution is 2.22. The van der Waals surface area contributed by atoms with Crippen LogP contribution < -0.4 is 16.4 Å². The maximum Gasteiger partial charge on any atom is 0.251 e. The van der Waals surface area contributed by atoms with Crippen molar-refractivity contribution in [1.82, 2.24) is 5.32 Å². The van der Waals surface area contributed by atoms with Crippen molar-refractivity contribution in [2.24, 2.45) is 11.7 Å². The molecule has 1 heterocycles. The molecule has 138 valence electrons. The minimum absolute atomic E-state index is 0.0482. The Hall–Kier alpha value is -3.41. The first-order valence-corrected chi connectivity index (χ1v) is 8.70. The third-order valence-electron chi connectivity index (χ3n) is 4.64. The number of fused-ring (bicyclic) bond motifs is 1. The minimum Gasteiger partial charge on any atom is -0.366 e. The highest BCUT2D eigenvalue weighted by atomic mass is 16.2. The quantitative estimate of drug-likeness (QED) is 0.682. The van der Waals surface area contributed by atoms with Gasteiger partial charge in [0.15, 0.2) is 0 Å². The van der Waals surface area contributed by atoms with Crippen LogP contribution in [-0.4, -0.2) is 24.3 Å². The van der Waals surface area contributed by atoms with Crippen LogP contribution >= 0.6 is 0 Å². The Labute approximate surface area is 157 Å². The molecular weight excluding hydrogens is 342 g/mol. The summed E-state index contributed by atoms with van der Waals surface area (Å²) in [6, 6.07) is 14.6. The molecule has 6 heteroatoms. The van der Waals surface area contributed by atoms with E-state index in [4.69, 9.17) is 5.73 Å². The molecule has 0 spiro atoms. The number of carbonyl (C=O) groups excluding carboxylic acids is 3. The van der Waals surface area contributed by atoms with Gasteiger partial charge in [-0.05, 0) is 36.1 Å². The fraction of sp³-hybridized carbons (Fsp3) is 0.190. The van der Waals surface area contributed by atoms with Crippen molar-refractivity contribution in [2.75, 3.05) is 11.9 Å². The predicted molar refractivity (Wildman–Crippen MR) is 103 cm³/mol. The second-order valence-corrected chi connectivity index (χ2v) is 6.50. The molecule has 0 fully saturated rings. The van der Waals surface area contributed by atoms with E-state index in [2.05, 4.69) is 17.2 Å². The maximum absolute atomic E-state index is 12.8. The molecule has 4 N–H and O–H groups in total. The van der Waals surface area contributed by atoms with Gasteiger partial charge in [-0.1, -0.05) is 43.0 Å². The van der Waals surface area contributed by atoms with Gasteiger partial charge >= 0.3 is 0 Å². The Morgan fingerprint density at radius 2 is 1.93 bits per heavy atom. The molecule has 27 heavy (non-hydrogen) atoms. The summed E-state index contributed by atoms with van der Waals surface area (Å²) >= 11 is 0. The second kappa shape index (κ2) is 7.86. The van der Waals surface area contributed by atoms with Crippen LogP contribution in [0.1, 0.15) is 21.5 Å². The molecule has 0 saturated heterocycles. The van der Waals surface area contributed by atoms with Crippen molar-refractivity contribution >= 4 is 23.4 Å². The topological polar surface area (TPSA) is 101 Å². The van der Waals surface area contributed by atoms with Crippen LogP contribution in [0.25, 0.3) is 0 Å². The van der Waals surface area contributed by atoms with Crippen LogP contribution in [-0.2, 0) is 22.4 Å². The number of hydrogen-bond acceptors (Lipinski definition) is 3. The summed E-state index contributed by atoms with van der Waals surface area (Å²) in [7, 11) is 0. The average molecular weight is 363 g/mol. The van der Waals surface area contributed by atoms with Gasteiger partial charge in [-0.25, -0.2) is 0 Å². The maximum atomic E-state index is 12.8. The van der Waals surface area contributed by atoms with E-state index in [0.717, 1.165) is 17.5 Å². The Balaban J connectivity index is 1.82. The van der Waals surface area contributed by atoms with E-state index in [1.807, 2.05) is 36.4 Å². The lowest BCUT2D eigenvalue weighted by molar-refractivity contribution is -0.122. The molecule has 0 aliphatic carbocycles. The SMILES string of the molecule is C=C(C(N)=O)[C@H](Cc1ccccc1)C(=O)Nc1ccc2c(c1)C(=O)NCC2. The smallest absolute Gasteiger partial charge is 0.251 e. The molecule has 0 radical (unpaired) electrons. The van der Waals surface area contributed by atoms with Crippen molar-refractivity contribution in [3.63, 3.8) is 0 Å². The molecule has 2 aromatic rings. The number of anilines is 1. The zero-order valence-electron chi connectivity index (χ0n) is 14.8. The molecule has 6 nitrogen and oxygen atoms in total. The molecule has 3 rings (SSSR count). The summed E-state index contributed by atoms with van der Waals surface area (Å²) in [5, 5.41) is 5.56. The molecule has 1 atom stereocenters. The van der Waals surface area contributed by atoms with Crippen molar-refractivity contribution in [2.45, 2.75) is 12.8 Å². The van der Waals surface area contributed by atoms with Crippen LogP contribution in [0.15, 0.2) is 60.7 Å². The van der Waals surface area contributed by atoms with Crippen LogP contribution in [0, 0.1) is 5.92 Å². The number of hydrogen-bond donors (Lipinski definition) is 3. The average Bonchev–Trinajstić information content (AvgIpc) is 2.67. The number of benzene rings is 2. The summed E-state index contributed by atoms with van der Waals surface area (Å²) in [5.41, 5.74) is 8.29. The van der Waals surface area contributed by atoms with Crippen LogP contribution in [0.2, 0.25) is 0 Å². The highest BCUT2D eigenvalue weighted by molar-refractivity contribution is 6.04. The Morgan fingerprint density at radius 3 is 2.63 bits per heavy atom. The van der Waals surface area contributed by atoms with Gasteiger partial charge in [0.2, 0.25) is 11.8 Å². The lowest BCUT2D eigenvalue weighted by Crippen LogP contribution is -2.33. The standard InChI is InChI=1S/C21H21N3O3/c1-13(19(22)25)17(11-14-5-3-2-4-6-14)21(27)24-16-8-7-15-9-10-23-20(26)18(15)12-16/h2-8,12,17H,1,9-11H2,(H2,22,25)(H,23,26)(H,24,27)/t17-/m0/s1. The van der Waals surface area contributed by atoms with Gasteiger partial charge in [-0.2, -0.15) is 0 Å². The summed E-state index contributed by atoms with van der Waals surface area (Å²) in [6.07, 6.45) is 1.06. The molecule has 1 aliphatic heterocycles. The van der Waals surface area contributed by atoms with Crippen LogP contribution in [0.3, 0.4) is 0 Å². The monoisotopic (exact) mass is 363 g/mol. The minimum atomic E-state index is -0.797. The molecule has 1 aliphatic rings. The van der Waals surface area contributed by atoms with Gasteiger partial charge in [0, 0.05) is 23.4 Å². The van der Waals surface area contributed by atoms with Gasteiger partial charge in [-0.3, -0.25) is 14.4 Å². The molecule has 3 amide bonds. The number of amides is 3. The van der Waals surface area contributed by atoms with E-state index >= 15 is 0 Å². The third kappa shape index (κ3) is 4.23. The van der Waals surface area contributed by atoms with Crippen molar-refractivity contribution in [1.29, 1.82) is 0 Å². The lowest BCUT2D eigenvalue weighted by Gasteiger charge is -2.20. The summed E-state index contributed by atoms with van der Waals surface area (Å²) in [6.45, 7) is 4.30. The molecule has 2 aromatic carbocycles. The number of nitrogens with two attached hydrogens (primary N) is 1. The summed E-state index contributed by atoms with van der Waals surface area (Å²) < 4.78 is 0. The number of carbonyl (C=O) groups is 3. The first-order chi connectivity index (χ1) is 13.0. The van der Waals surface area contributed by atoms with Crippen LogP contribution in [0.4, 0.5) is 5.69 Å². The van der Waals surface area contributed by atoms with E-state index < -0.39 is 11.8 Å². The van der Waals surface area contributed by atoms with Gasteiger partial charge in [0.05, 0.1) is 5.92 Å². The van der Waals surface area contributed by atoms with Crippen molar-refractivity contribution in [3.8, 4) is 0 Å². The molecule has 0 saturated carbocycles. The first-order valence-electron chi connectivity index (χ1n) is 8.70. The van der Waals surface area contributed by atoms with Gasteiger partial charge in [0.1, 0.15) is 0 Å². The molecule has 0 aromatic heterocycles. The van der Waals surface area contributed by atoms with Gasteiger partial charge < -0.3 is 16.4 Å². The summed E-state index contributed by atoms with van der Waals surface area (Å²) in [5.74, 6) is -2.06. The van der Waals surface area contributed by atoms with Crippen molar-refractivity contribution < 1.29 is 14.4 Å². The van der Waals surface area contributed by atoms with Gasteiger partial charge in [0.25, 0.3) is 5.91 Å². The Kier molecular flexibility index (Phi) is 5.35. The lowest BCUT2D eigenvalue weighted by atomic mass is 9.91. The van der Waals surface area contributed by atoms with Gasteiger partial charge in [-0.15, -0.1) is 0 Å². The second-order valence-electron chi connectivity index (χ2n) is 6.50. The zero-order valence-corrected chi connectivity index (χ0v) is 14.8.